The third-order valence-corrected chi connectivity index (χ3v) is 6.59. The van der Waals surface area contributed by atoms with Crippen molar-refractivity contribution in [3.05, 3.63) is 41.7 Å². The van der Waals surface area contributed by atoms with Gasteiger partial charge in [0.05, 0.1) is 17.8 Å². The summed E-state index contributed by atoms with van der Waals surface area (Å²) in [5.74, 6) is 1.47. The summed E-state index contributed by atoms with van der Waals surface area (Å²) in [6, 6.07) is 6.49. The van der Waals surface area contributed by atoms with Gasteiger partial charge in [0.15, 0.2) is 11.5 Å². The Morgan fingerprint density at radius 1 is 1.23 bits per heavy atom. The number of aromatic nitrogens is 1. The van der Waals surface area contributed by atoms with Gasteiger partial charge in [0.1, 0.15) is 30.0 Å². The molecule has 2 aliphatic rings. The van der Waals surface area contributed by atoms with Gasteiger partial charge in [0.2, 0.25) is 10.0 Å². The summed E-state index contributed by atoms with van der Waals surface area (Å²) in [5, 5.41) is 0.117. The highest BCUT2D eigenvalue weighted by Crippen LogP contribution is 2.38. The molecule has 0 aliphatic carbocycles. The molecule has 0 spiro atoms. The van der Waals surface area contributed by atoms with Crippen LogP contribution in [0.2, 0.25) is 5.02 Å². The number of pyridine rings is 1. The number of halogens is 1. The van der Waals surface area contributed by atoms with E-state index in [1.165, 1.54) is 16.4 Å². The van der Waals surface area contributed by atoms with E-state index in [2.05, 4.69) is 4.98 Å². The number of ether oxygens (including phenoxy) is 3. The van der Waals surface area contributed by atoms with E-state index < -0.39 is 10.0 Å². The van der Waals surface area contributed by atoms with Crippen LogP contribution in [0.3, 0.4) is 0 Å². The topological polar surface area (TPSA) is 78.0 Å². The molecule has 1 saturated heterocycles. The Hall–Kier alpha value is -2.03. The van der Waals surface area contributed by atoms with Crippen LogP contribution in [0.15, 0.2) is 41.6 Å². The molecular formula is C17H17ClN2O5S. The maximum Gasteiger partial charge on any atom is 0.244 e. The van der Waals surface area contributed by atoms with Crippen LogP contribution >= 0.6 is 11.6 Å². The SMILES string of the molecule is O=S(=O)(c1cc2c(cc1Cl)OCCO2)N1CCC(Oc2cccnc2)C1. The molecule has 3 heterocycles. The molecule has 138 valence electrons. The highest BCUT2D eigenvalue weighted by Gasteiger charge is 2.35. The van der Waals surface area contributed by atoms with Gasteiger partial charge in [-0.15, -0.1) is 0 Å². The Labute approximate surface area is 156 Å². The molecule has 1 aromatic carbocycles. The molecule has 7 nitrogen and oxygen atoms in total. The van der Waals surface area contributed by atoms with Gasteiger partial charge in [-0.3, -0.25) is 4.98 Å². The lowest BCUT2D eigenvalue weighted by atomic mass is 10.3. The fourth-order valence-electron chi connectivity index (χ4n) is 3.00. The number of sulfonamides is 1. The van der Waals surface area contributed by atoms with E-state index in [1.54, 1.807) is 24.5 Å². The fraction of sp³-hybridized carbons (Fsp3) is 0.353. The van der Waals surface area contributed by atoms with Crippen molar-refractivity contribution in [2.75, 3.05) is 26.3 Å². The Kier molecular flexibility index (Phi) is 4.64. The zero-order chi connectivity index (χ0) is 18.1. The predicted octanol–water partition coefficient (Wildman–Crippen LogP) is 2.35. The molecule has 0 radical (unpaired) electrons. The first-order chi connectivity index (χ1) is 12.5. The molecule has 9 heteroatoms. The molecular weight excluding hydrogens is 380 g/mol. The third-order valence-electron chi connectivity index (χ3n) is 4.26. The molecule has 1 atom stereocenters. The Bertz CT molecular complexity index is 907. The third kappa shape index (κ3) is 3.32. The van der Waals surface area contributed by atoms with Gasteiger partial charge in [-0.1, -0.05) is 11.6 Å². The van der Waals surface area contributed by atoms with Crippen LogP contribution in [0, 0.1) is 0 Å². The summed E-state index contributed by atoms with van der Waals surface area (Å²) in [4.78, 5) is 4.01. The molecule has 0 bridgehead atoms. The normalized spacial score (nSPS) is 20.1. The van der Waals surface area contributed by atoms with Crippen molar-refractivity contribution in [3.63, 3.8) is 0 Å². The first-order valence-electron chi connectivity index (χ1n) is 8.20. The second-order valence-electron chi connectivity index (χ2n) is 6.01. The van der Waals surface area contributed by atoms with Crippen molar-refractivity contribution >= 4 is 21.6 Å². The highest BCUT2D eigenvalue weighted by atomic mass is 35.5. The lowest BCUT2D eigenvalue weighted by Crippen LogP contribution is -2.31. The van der Waals surface area contributed by atoms with E-state index in [0.29, 0.717) is 43.4 Å². The maximum absolute atomic E-state index is 13.0. The zero-order valence-electron chi connectivity index (χ0n) is 13.8. The predicted molar refractivity (Wildman–Crippen MR) is 94.5 cm³/mol. The average Bonchev–Trinajstić information content (AvgIpc) is 3.11. The zero-order valence-corrected chi connectivity index (χ0v) is 15.4. The van der Waals surface area contributed by atoms with Gasteiger partial charge in [-0.25, -0.2) is 8.42 Å². The van der Waals surface area contributed by atoms with E-state index in [4.69, 9.17) is 25.8 Å². The highest BCUT2D eigenvalue weighted by molar-refractivity contribution is 7.89. The van der Waals surface area contributed by atoms with Crippen LogP contribution in [0.5, 0.6) is 17.2 Å². The van der Waals surface area contributed by atoms with E-state index in [9.17, 15) is 8.42 Å². The van der Waals surface area contributed by atoms with Crippen molar-refractivity contribution < 1.29 is 22.6 Å². The summed E-state index contributed by atoms with van der Waals surface area (Å²) in [6.07, 6.45) is 3.62. The minimum atomic E-state index is -3.76. The summed E-state index contributed by atoms with van der Waals surface area (Å²) in [5.41, 5.74) is 0. The van der Waals surface area contributed by atoms with Crippen molar-refractivity contribution in [3.8, 4) is 17.2 Å². The number of fused-ring (bicyclic) bond motifs is 1. The molecule has 2 aromatic rings. The Morgan fingerprint density at radius 2 is 2.00 bits per heavy atom. The fourth-order valence-corrected chi connectivity index (χ4v) is 5.00. The number of nitrogens with zero attached hydrogens (tertiary/aromatic N) is 2. The Morgan fingerprint density at radius 3 is 2.73 bits per heavy atom. The molecule has 0 N–H and O–H groups in total. The standard InChI is InChI=1S/C17H17ClN2O5S/c18-14-8-15-16(24-7-6-23-15)9-17(14)26(21,22)20-5-3-13(11-20)25-12-2-1-4-19-10-12/h1-2,4,8-10,13H,3,5-7,11H2. The summed E-state index contributed by atoms with van der Waals surface area (Å²) in [6.45, 7) is 1.40. The Balaban J connectivity index is 1.54. The number of benzene rings is 1. The molecule has 1 unspecified atom stereocenters. The number of hydrogen-bond acceptors (Lipinski definition) is 6. The number of rotatable bonds is 4. The second-order valence-corrected chi connectivity index (χ2v) is 8.32. The van der Waals surface area contributed by atoms with Crippen molar-refractivity contribution in [2.24, 2.45) is 0 Å². The first-order valence-corrected chi connectivity index (χ1v) is 10.0. The molecule has 2 aliphatic heterocycles. The van der Waals surface area contributed by atoms with E-state index >= 15 is 0 Å². The van der Waals surface area contributed by atoms with Crippen LogP contribution in [0.1, 0.15) is 6.42 Å². The van der Waals surface area contributed by atoms with Gasteiger partial charge in [0.25, 0.3) is 0 Å². The van der Waals surface area contributed by atoms with Crippen LogP contribution in [-0.2, 0) is 10.0 Å². The molecule has 0 saturated carbocycles. The summed E-state index contributed by atoms with van der Waals surface area (Å²) >= 11 is 6.21. The van der Waals surface area contributed by atoms with Crippen LogP contribution < -0.4 is 14.2 Å². The monoisotopic (exact) mass is 396 g/mol. The summed E-state index contributed by atoms with van der Waals surface area (Å²) in [7, 11) is -3.76. The number of hydrogen-bond donors (Lipinski definition) is 0. The van der Waals surface area contributed by atoms with Crippen molar-refractivity contribution in [1.29, 1.82) is 0 Å². The lowest BCUT2D eigenvalue weighted by Gasteiger charge is -2.22. The smallest absolute Gasteiger partial charge is 0.244 e. The van der Waals surface area contributed by atoms with Gasteiger partial charge in [-0.05, 0) is 18.6 Å². The van der Waals surface area contributed by atoms with Crippen LogP contribution in [-0.4, -0.2) is 50.1 Å². The van der Waals surface area contributed by atoms with Gasteiger partial charge in [-0.2, -0.15) is 4.31 Å². The molecule has 4 rings (SSSR count). The minimum Gasteiger partial charge on any atom is -0.487 e. The molecule has 0 amide bonds. The van der Waals surface area contributed by atoms with E-state index in [-0.39, 0.29) is 22.6 Å². The first kappa shape index (κ1) is 17.4. The molecule has 1 fully saturated rings. The van der Waals surface area contributed by atoms with Gasteiger partial charge in [0, 0.05) is 24.9 Å². The van der Waals surface area contributed by atoms with Gasteiger partial charge < -0.3 is 14.2 Å². The van der Waals surface area contributed by atoms with Crippen LogP contribution in [0.4, 0.5) is 0 Å². The lowest BCUT2D eigenvalue weighted by molar-refractivity contribution is 0.171. The van der Waals surface area contributed by atoms with Crippen molar-refractivity contribution in [1.82, 2.24) is 9.29 Å². The second kappa shape index (κ2) is 6.94. The molecule has 1 aromatic heterocycles. The van der Waals surface area contributed by atoms with E-state index in [0.717, 1.165) is 0 Å². The molecule has 26 heavy (non-hydrogen) atoms. The maximum atomic E-state index is 13.0. The van der Waals surface area contributed by atoms with Crippen molar-refractivity contribution in [2.45, 2.75) is 17.4 Å². The van der Waals surface area contributed by atoms with E-state index in [1.807, 2.05) is 0 Å². The summed E-state index contributed by atoms with van der Waals surface area (Å²) < 4.78 is 44.1. The average molecular weight is 397 g/mol. The van der Waals surface area contributed by atoms with Crippen LogP contribution in [0.25, 0.3) is 0 Å². The quantitative estimate of drug-likeness (QED) is 0.789. The van der Waals surface area contributed by atoms with Gasteiger partial charge >= 0.3 is 0 Å². The largest absolute Gasteiger partial charge is 0.487 e. The minimum absolute atomic E-state index is 0.0189.